The van der Waals surface area contributed by atoms with Crippen LogP contribution in [0.2, 0.25) is 0 Å². The van der Waals surface area contributed by atoms with Gasteiger partial charge in [0, 0.05) is 24.8 Å². The Hall–Kier alpha value is -2.49. The number of fused-ring (bicyclic) bond motifs is 1. The molecule has 82 valence electrons. The fraction of sp³-hybridized carbons (Fsp3) is 0. The van der Waals surface area contributed by atoms with E-state index in [4.69, 9.17) is 0 Å². The normalized spacial score (nSPS) is 10.6. The lowest BCUT2D eigenvalue weighted by Gasteiger charge is -2.05. The van der Waals surface area contributed by atoms with Crippen LogP contribution in [0.4, 0.5) is 0 Å². The van der Waals surface area contributed by atoms with Crippen LogP contribution in [0.25, 0.3) is 16.6 Å². The van der Waals surface area contributed by atoms with Gasteiger partial charge in [-0.2, -0.15) is 0 Å². The van der Waals surface area contributed by atoms with Crippen molar-refractivity contribution in [3.63, 3.8) is 0 Å². The van der Waals surface area contributed by atoms with Gasteiger partial charge in [0.05, 0.1) is 5.39 Å². The van der Waals surface area contributed by atoms with Crippen molar-refractivity contribution >= 4 is 10.8 Å². The minimum Gasteiger partial charge on any atom is -0.268 e. The summed E-state index contributed by atoms with van der Waals surface area (Å²) in [5.74, 6) is 0.614. The van der Waals surface area contributed by atoms with Crippen molar-refractivity contribution in [2.45, 2.75) is 0 Å². The van der Waals surface area contributed by atoms with Crippen LogP contribution in [0.5, 0.6) is 0 Å². The molecule has 0 bridgehead atoms. The van der Waals surface area contributed by atoms with Gasteiger partial charge < -0.3 is 0 Å². The van der Waals surface area contributed by atoms with Crippen molar-refractivity contribution in [2.24, 2.45) is 0 Å². The maximum absolute atomic E-state index is 12.2. The van der Waals surface area contributed by atoms with Gasteiger partial charge in [-0.25, -0.2) is 4.98 Å². The molecular formula is C13H9N3O. The highest BCUT2D eigenvalue weighted by molar-refractivity contribution is 5.80. The van der Waals surface area contributed by atoms with E-state index in [0.29, 0.717) is 11.2 Å². The van der Waals surface area contributed by atoms with E-state index in [1.807, 2.05) is 24.3 Å². The molecular weight excluding hydrogens is 214 g/mol. The number of pyridine rings is 3. The van der Waals surface area contributed by atoms with Crippen molar-refractivity contribution < 1.29 is 0 Å². The molecule has 0 fully saturated rings. The minimum absolute atomic E-state index is 0.102. The van der Waals surface area contributed by atoms with Crippen LogP contribution >= 0.6 is 0 Å². The van der Waals surface area contributed by atoms with E-state index >= 15 is 0 Å². The Balaban J connectivity index is 2.33. The molecule has 0 aromatic carbocycles. The van der Waals surface area contributed by atoms with Crippen molar-refractivity contribution in [2.75, 3.05) is 0 Å². The van der Waals surface area contributed by atoms with Crippen LogP contribution in [0.15, 0.2) is 59.9 Å². The van der Waals surface area contributed by atoms with Gasteiger partial charge >= 0.3 is 0 Å². The van der Waals surface area contributed by atoms with Crippen LogP contribution in [-0.4, -0.2) is 14.5 Å². The van der Waals surface area contributed by atoms with Crippen molar-refractivity contribution in [3.05, 3.63) is 65.5 Å². The van der Waals surface area contributed by atoms with Crippen molar-refractivity contribution in [3.8, 4) is 5.82 Å². The first kappa shape index (κ1) is 9.72. The predicted molar refractivity (Wildman–Crippen MR) is 65.1 cm³/mol. The molecule has 3 aromatic rings. The van der Waals surface area contributed by atoms with Gasteiger partial charge in [0.2, 0.25) is 0 Å². The van der Waals surface area contributed by atoms with Crippen LogP contribution in [0.1, 0.15) is 0 Å². The zero-order chi connectivity index (χ0) is 11.7. The summed E-state index contributed by atoms with van der Waals surface area (Å²) in [5, 5.41) is 1.48. The van der Waals surface area contributed by atoms with Gasteiger partial charge in [-0.1, -0.05) is 6.07 Å². The average molecular weight is 223 g/mol. The van der Waals surface area contributed by atoms with E-state index in [1.54, 1.807) is 30.9 Å². The number of hydrogen-bond acceptors (Lipinski definition) is 3. The summed E-state index contributed by atoms with van der Waals surface area (Å²) in [6, 6.07) is 9.16. The van der Waals surface area contributed by atoms with E-state index in [2.05, 4.69) is 9.97 Å². The van der Waals surface area contributed by atoms with E-state index in [0.717, 1.165) is 5.39 Å². The van der Waals surface area contributed by atoms with E-state index < -0.39 is 0 Å². The lowest BCUT2D eigenvalue weighted by atomic mass is 10.2. The lowest BCUT2D eigenvalue weighted by Crippen LogP contribution is -2.18. The topological polar surface area (TPSA) is 47.8 Å². The first-order valence-electron chi connectivity index (χ1n) is 5.23. The van der Waals surface area contributed by atoms with Gasteiger partial charge in [-0.3, -0.25) is 14.3 Å². The summed E-state index contributed by atoms with van der Waals surface area (Å²) < 4.78 is 1.52. The van der Waals surface area contributed by atoms with E-state index in [1.165, 1.54) is 4.57 Å². The Morgan fingerprint density at radius 1 is 1.06 bits per heavy atom. The smallest absolute Gasteiger partial charge is 0.265 e. The summed E-state index contributed by atoms with van der Waals surface area (Å²) in [6.45, 7) is 0. The zero-order valence-electron chi connectivity index (χ0n) is 8.95. The second kappa shape index (κ2) is 3.83. The van der Waals surface area contributed by atoms with E-state index in [9.17, 15) is 4.79 Å². The second-order valence-corrected chi connectivity index (χ2v) is 3.64. The Morgan fingerprint density at radius 3 is 2.82 bits per heavy atom. The number of aromatic nitrogens is 3. The zero-order valence-corrected chi connectivity index (χ0v) is 8.95. The lowest BCUT2D eigenvalue weighted by molar-refractivity contribution is 0.954. The van der Waals surface area contributed by atoms with Crippen LogP contribution in [0.3, 0.4) is 0 Å². The highest BCUT2D eigenvalue weighted by atomic mass is 16.1. The fourth-order valence-corrected chi connectivity index (χ4v) is 1.76. The van der Waals surface area contributed by atoms with Crippen LogP contribution in [-0.2, 0) is 0 Å². The van der Waals surface area contributed by atoms with Crippen molar-refractivity contribution in [1.82, 2.24) is 14.5 Å². The van der Waals surface area contributed by atoms with Gasteiger partial charge in [-0.15, -0.1) is 0 Å². The first-order chi connectivity index (χ1) is 8.36. The molecule has 0 saturated heterocycles. The molecule has 3 rings (SSSR count). The second-order valence-electron chi connectivity index (χ2n) is 3.64. The number of nitrogens with zero attached hydrogens (tertiary/aromatic N) is 3. The first-order valence-corrected chi connectivity index (χ1v) is 5.23. The SMILES string of the molecule is O=c1c2cnccc2ccn1-c1ccccn1. The summed E-state index contributed by atoms with van der Waals surface area (Å²) in [5.41, 5.74) is -0.102. The van der Waals surface area contributed by atoms with Gasteiger partial charge in [0.25, 0.3) is 5.56 Å². The highest BCUT2D eigenvalue weighted by Gasteiger charge is 2.04. The quantitative estimate of drug-likeness (QED) is 0.631. The Kier molecular flexibility index (Phi) is 2.19. The van der Waals surface area contributed by atoms with Crippen molar-refractivity contribution in [1.29, 1.82) is 0 Å². The Labute approximate surface area is 97.2 Å². The third kappa shape index (κ3) is 1.59. The van der Waals surface area contributed by atoms with E-state index in [-0.39, 0.29) is 5.56 Å². The van der Waals surface area contributed by atoms with Gasteiger partial charge in [-0.05, 0) is 29.7 Å². The monoisotopic (exact) mass is 223 g/mol. The summed E-state index contributed by atoms with van der Waals surface area (Å²) in [4.78, 5) is 20.3. The third-order valence-electron chi connectivity index (χ3n) is 2.60. The molecule has 3 heterocycles. The van der Waals surface area contributed by atoms with Gasteiger partial charge in [0.1, 0.15) is 5.82 Å². The molecule has 0 spiro atoms. The molecule has 3 aromatic heterocycles. The molecule has 0 unspecified atom stereocenters. The summed E-state index contributed by atoms with van der Waals surface area (Å²) >= 11 is 0. The Bertz CT molecular complexity index is 719. The fourth-order valence-electron chi connectivity index (χ4n) is 1.76. The molecule has 0 N–H and O–H groups in total. The Morgan fingerprint density at radius 2 is 2.00 bits per heavy atom. The molecule has 0 aliphatic heterocycles. The summed E-state index contributed by atoms with van der Waals surface area (Å²) in [6.07, 6.45) is 6.65. The molecule has 0 saturated carbocycles. The van der Waals surface area contributed by atoms with Crippen LogP contribution in [0, 0.1) is 0 Å². The van der Waals surface area contributed by atoms with Crippen LogP contribution < -0.4 is 5.56 Å². The molecule has 0 radical (unpaired) electrons. The molecule has 4 nitrogen and oxygen atoms in total. The largest absolute Gasteiger partial charge is 0.268 e. The average Bonchev–Trinajstić information content (AvgIpc) is 2.40. The molecule has 0 aliphatic carbocycles. The summed E-state index contributed by atoms with van der Waals surface area (Å²) in [7, 11) is 0. The van der Waals surface area contributed by atoms with Gasteiger partial charge in [0.15, 0.2) is 0 Å². The standard InChI is InChI=1S/C13H9N3O/c17-13-11-9-14-7-4-10(11)5-8-16(13)12-3-1-2-6-15-12/h1-9H. The molecule has 0 amide bonds. The molecule has 17 heavy (non-hydrogen) atoms. The number of rotatable bonds is 1. The molecule has 0 atom stereocenters. The third-order valence-corrected chi connectivity index (χ3v) is 2.60. The maximum Gasteiger partial charge on any atom is 0.265 e. The minimum atomic E-state index is -0.102. The molecule has 0 aliphatic rings. The maximum atomic E-state index is 12.2. The number of hydrogen-bond donors (Lipinski definition) is 0. The highest BCUT2D eigenvalue weighted by Crippen LogP contribution is 2.08. The predicted octanol–water partition coefficient (Wildman–Crippen LogP) is 1.78. The molecule has 4 heteroatoms.